The summed E-state index contributed by atoms with van der Waals surface area (Å²) in [5, 5.41) is 0. The molecule has 0 unspecified atom stereocenters. The largest absolute Gasteiger partial charge is 0.461 e. The van der Waals surface area contributed by atoms with Crippen LogP contribution in [0.4, 0.5) is 0 Å². The van der Waals surface area contributed by atoms with Gasteiger partial charge in [0.1, 0.15) is 11.5 Å². The van der Waals surface area contributed by atoms with E-state index in [2.05, 4.69) is 69.3 Å². The number of aryl methyl sites for hydroxylation is 4. The van der Waals surface area contributed by atoms with Crippen LogP contribution in [-0.2, 0) is 12.8 Å². The zero-order valence-corrected chi connectivity index (χ0v) is 15.4. The van der Waals surface area contributed by atoms with Crippen LogP contribution >= 0.6 is 0 Å². The third-order valence-electron chi connectivity index (χ3n) is 5.38. The zero-order chi connectivity index (χ0) is 17.6. The molecule has 25 heavy (non-hydrogen) atoms. The number of hydrogen-bond donors (Lipinski definition) is 0. The van der Waals surface area contributed by atoms with Crippen molar-refractivity contribution in [1.82, 2.24) is 0 Å². The third-order valence-corrected chi connectivity index (χ3v) is 5.38. The lowest BCUT2D eigenvalue weighted by Crippen LogP contribution is -1.92. The molecule has 0 amide bonds. The molecule has 0 radical (unpaired) electrons. The normalized spacial score (nSPS) is 13.0. The molecule has 0 saturated carbocycles. The Balaban J connectivity index is 1.82. The van der Waals surface area contributed by atoms with Crippen LogP contribution in [0.25, 0.3) is 22.8 Å². The topological polar surface area (TPSA) is 13.1 Å². The summed E-state index contributed by atoms with van der Waals surface area (Å²) < 4.78 is 5.97. The summed E-state index contributed by atoms with van der Waals surface area (Å²) in [7, 11) is 0. The van der Waals surface area contributed by atoms with Gasteiger partial charge in [0.15, 0.2) is 0 Å². The Morgan fingerprint density at radius 3 is 2.32 bits per heavy atom. The Kier molecular flexibility index (Phi) is 3.88. The minimum Gasteiger partial charge on any atom is -0.461 e. The van der Waals surface area contributed by atoms with E-state index < -0.39 is 0 Å². The number of allylic oxidation sites excluding steroid dienone is 1. The third kappa shape index (κ3) is 2.74. The summed E-state index contributed by atoms with van der Waals surface area (Å²) in [6, 6.07) is 15.7. The summed E-state index contributed by atoms with van der Waals surface area (Å²) >= 11 is 0. The standard InChI is InChI=1S/C24H24O/c1-5-18-7-10-19(11-8-18)24-15(2)6-9-20-13-21(14-22(20)24)23-12-16(3)17(4)25-23/h6-12,14H,5,13H2,1-4H3. The highest BCUT2D eigenvalue weighted by molar-refractivity contribution is 5.94. The van der Waals surface area contributed by atoms with E-state index in [1.165, 1.54) is 44.5 Å². The minimum atomic E-state index is 0.946. The molecular formula is C24H24O. The number of rotatable bonds is 3. The van der Waals surface area contributed by atoms with Crippen molar-refractivity contribution in [1.29, 1.82) is 0 Å². The van der Waals surface area contributed by atoms with Crippen molar-refractivity contribution >= 4 is 11.6 Å². The molecule has 1 aliphatic rings. The van der Waals surface area contributed by atoms with Crippen molar-refractivity contribution in [3.8, 4) is 11.1 Å². The van der Waals surface area contributed by atoms with E-state index in [0.29, 0.717) is 0 Å². The molecule has 0 fully saturated rings. The molecule has 1 nitrogen and oxygen atoms in total. The van der Waals surface area contributed by atoms with Crippen LogP contribution in [0.2, 0.25) is 0 Å². The van der Waals surface area contributed by atoms with E-state index in [1.54, 1.807) is 0 Å². The molecule has 0 bridgehead atoms. The fourth-order valence-corrected chi connectivity index (χ4v) is 3.70. The monoisotopic (exact) mass is 328 g/mol. The van der Waals surface area contributed by atoms with Gasteiger partial charge in [-0.1, -0.05) is 43.3 Å². The number of benzene rings is 2. The van der Waals surface area contributed by atoms with E-state index in [9.17, 15) is 0 Å². The van der Waals surface area contributed by atoms with Crippen LogP contribution in [-0.4, -0.2) is 0 Å². The number of hydrogen-bond acceptors (Lipinski definition) is 1. The van der Waals surface area contributed by atoms with Gasteiger partial charge in [-0.05, 0) is 83.9 Å². The first-order valence-electron chi connectivity index (χ1n) is 9.06. The summed E-state index contributed by atoms with van der Waals surface area (Å²) in [6.07, 6.45) is 4.35. The van der Waals surface area contributed by atoms with Crippen molar-refractivity contribution < 1.29 is 4.42 Å². The van der Waals surface area contributed by atoms with Crippen LogP contribution in [0.3, 0.4) is 0 Å². The van der Waals surface area contributed by atoms with Crippen LogP contribution in [0, 0.1) is 20.8 Å². The van der Waals surface area contributed by atoms with E-state index >= 15 is 0 Å². The average Bonchev–Trinajstić information content (AvgIpc) is 3.19. The Morgan fingerprint density at radius 2 is 1.68 bits per heavy atom. The number of fused-ring (bicyclic) bond motifs is 1. The predicted molar refractivity (Wildman–Crippen MR) is 106 cm³/mol. The molecule has 0 N–H and O–H groups in total. The van der Waals surface area contributed by atoms with Gasteiger partial charge >= 0.3 is 0 Å². The van der Waals surface area contributed by atoms with Crippen molar-refractivity contribution in [3.05, 3.63) is 81.8 Å². The second-order valence-corrected chi connectivity index (χ2v) is 7.08. The SMILES string of the molecule is CCc1ccc(-c2c(C)ccc3c2C=C(c2cc(C)c(C)o2)C3)cc1. The lowest BCUT2D eigenvalue weighted by Gasteiger charge is -2.12. The van der Waals surface area contributed by atoms with Gasteiger partial charge in [-0.25, -0.2) is 0 Å². The summed E-state index contributed by atoms with van der Waals surface area (Å²) in [4.78, 5) is 0. The molecule has 1 heteroatoms. The lowest BCUT2D eigenvalue weighted by atomic mass is 9.92. The highest BCUT2D eigenvalue weighted by atomic mass is 16.3. The molecule has 3 aromatic rings. The van der Waals surface area contributed by atoms with Gasteiger partial charge in [-0.3, -0.25) is 0 Å². The highest BCUT2D eigenvalue weighted by Gasteiger charge is 2.21. The molecule has 0 saturated heterocycles. The predicted octanol–water partition coefficient (Wildman–Crippen LogP) is 6.53. The van der Waals surface area contributed by atoms with E-state index in [-0.39, 0.29) is 0 Å². The Hall–Kier alpha value is -2.54. The van der Waals surface area contributed by atoms with Crippen molar-refractivity contribution in [2.45, 2.75) is 40.5 Å². The molecule has 0 spiro atoms. The molecule has 1 aromatic heterocycles. The maximum absolute atomic E-state index is 5.97. The zero-order valence-electron chi connectivity index (χ0n) is 15.4. The van der Waals surface area contributed by atoms with Crippen LogP contribution < -0.4 is 0 Å². The van der Waals surface area contributed by atoms with Gasteiger partial charge in [-0.2, -0.15) is 0 Å². The van der Waals surface area contributed by atoms with Gasteiger partial charge in [0.2, 0.25) is 0 Å². The van der Waals surface area contributed by atoms with Gasteiger partial charge in [0.05, 0.1) is 0 Å². The summed E-state index contributed by atoms with van der Waals surface area (Å²) in [5.74, 6) is 2.02. The molecule has 0 atom stereocenters. The summed E-state index contributed by atoms with van der Waals surface area (Å²) in [5.41, 5.74) is 10.6. The Bertz CT molecular complexity index is 949. The molecule has 1 heterocycles. The van der Waals surface area contributed by atoms with Gasteiger partial charge < -0.3 is 4.42 Å². The first-order valence-corrected chi connectivity index (χ1v) is 9.06. The molecule has 1 aliphatic carbocycles. The Morgan fingerprint density at radius 1 is 0.920 bits per heavy atom. The molecule has 4 rings (SSSR count). The van der Waals surface area contributed by atoms with Crippen LogP contribution in [0.15, 0.2) is 46.9 Å². The van der Waals surface area contributed by atoms with Crippen molar-refractivity contribution in [2.75, 3.05) is 0 Å². The molecular weight excluding hydrogens is 304 g/mol. The fraction of sp³-hybridized carbons (Fsp3) is 0.250. The molecule has 2 aromatic carbocycles. The van der Waals surface area contributed by atoms with Crippen molar-refractivity contribution in [2.24, 2.45) is 0 Å². The molecule has 0 aliphatic heterocycles. The van der Waals surface area contributed by atoms with Crippen LogP contribution in [0.5, 0.6) is 0 Å². The Labute approximate surface area is 150 Å². The first kappa shape index (κ1) is 16.0. The van der Waals surface area contributed by atoms with Crippen molar-refractivity contribution in [3.63, 3.8) is 0 Å². The average molecular weight is 328 g/mol. The lowest BCUT2D eigenvalue weighted by molar-refractivity contribution is 0.518. The fourth-order valence-electron chi connectivity index (χ4n) is 3.70. The quantitative estimate of drug-likeness (QED) is 0.532. The van der Waals surface area contributed by atoms with E-state index in [0.717, 1.165) is 24.4 Å². The number of furan rings is 1. The van der Waals surface area contributed by atoms with E-state index in [4.69, 9.17) is 4.42 Å². The van der Waals surface area contributed by atoms with Crippen LogP contribution in [0.1, 0.15) is 46.3 Å². The van der Waals surface area contributed by atoms with Gasteiger partial charge in [0.25, 0.3) is 0 Å². The van der Waals surface area contributed by atoms with E-state index in [1.807, 2.05) is 6.92 Å². The second-order valence-electron chi connectivity index (χ2n) is 7.08. The minimum absolute atomic E-state index is 0.946. The highest BCUT2D eigenvalue weighted by Crippen LogP contribution is 2.40. The van der Waals surface area contributed by atoms with Gasteiger partial charge in [0, 0.05) is 6.42 Å². The maximum Gasteiger partial charge on any atom is 0.130 e. The second kappa shape index (κ2) is 6.07. The maximum atomic E-state index is 5.97. The summed E-state index contributed by atoms with van der Waals surface area (Å²) in [6.45, 7) is 8.54. The smallest absolute Gasteiger partial charge is 0.130 e. The first-order chi connectivity index (χ1) is 12.1. The van der Waals surface area contributed by atoms with Gasteiger partial charge in [-0.15, -0.1) is 0 Å². The molecule has 126 valence electrons.